The highest BCUT2D eigenvalue weighted by molar-refractivity contribution is 6.30. The number of pyridine rings is 2. The first-order valence-corrected chi connectivity index (χ1v) is 10.5. The third-order valence-corrected chi connectivity index (χ3v) is 5.16. The SMILES string of the molecule is C=Cc1cnc(-c2cc(Cl)ccc2F)cc1Nc1ccncc1C(=O)NCC(C)CCO. The van der Waals surface area contributed by atoms with Crippen LogP contribution in [0.15, 0.2) is 55.5 Å². The topological polar surface area (TPSA) is 87.1 Å². The Morgan fingerprint density at radius 1 is 1.28 bits per heavy atom. The average Bonchev–Trinajstić information content (AvgIpc) is 2.79. The van der Waals surface area contributed by atoms with Crippen LogP contribution in [0.25, 0.3) is 17.3 Å². The highest BCUT2D eigenvalue weighted by Gasteiger charge is 2.15. The van der Waals surface area contributed by atoms with E-state index in [-0.39, 0.29) is 24.0 Å². The smallest absolute Gasteiger partial charge is 0.254 e. The zero-order valence-electron chi connectivity index (χ0n) is 17.6. The van der Waals surface area contributed by atoms with Gasteiger partial charge < -0.3 is 15.7 Å². The van der Waals surface area contributed by atoms with E-state index >= 15 is 0 Å². The van der Waals surface area contributed by atoms with Crippen LogP contribution < -0.4 is 10.6 Å². The van der Waals surface area contributed by atoms with Crippen LogP contribution in [-0.4, -0.2) is 34.1 Å². The van der Waals surface area contributed by atoms with Gasteiger partial charge in [-0.25, -0.2) is 4.39 Å². The van der Waals surface area contributed by atoms with Crippen molar-refractivity contribution in [2.45, 2.75) is 13.3 Å². The van der Waals surface area contributed by atoms with E-state index in [4.69, 9.17) is 16.7 Å². The molecule has 0 aliphatic rings. The van der Waals surface area contributed by atoms with Crippen LogP contribution >= 0.6 is 11.6 Å². The first-order chi connectivity index (χ1) is 15.4. The lowest BCUT2D eigenvalue weighted by molar-refractivity contribution is 0.0946. The molecule has 1 aromatic carbocycles. The Morgan fingerprint density at radius 2 is 2.09 bits per heavy atom. The third-order valence-electron chi connectivity index (χ3n) is 4.93. The van der Waals surface area contributed by atoms with Gasteiger partial charge in [-0.1, -0.05) is 31.2 Å². The quantitative estimate of drug-likeness (QED) is 0.420. The predicted molar refractivity (Wildman–Crippen MR) is 125 cm³/mol. The number of nitrogens with one attached hydrogen (secondary N) is 2. The Hall–Kier alpha value is -3.29. The fourth-order valence-corrected chi connectivity index (χ4v) is 3.26. The van der Waals surface area contributed by atoms with Crippen molar-refractivity contribution in [3.63, 3.8) is 0 Å². The van der Waals surface area contributed by atoms with Crippen LogP contribution in [0, 0.1) is 11.7 Å². The summed E-state index contributed by atoms with van der Waals surface area (Å²) in [5, 5.41) is 15.5. The third kappa shape index (κ3) is 5.69. The summed E-state index contributed by atoms with van der Waals surface area (Å²) in [6, 6.07) is 7.63. The number of benzene rings is 1. The maximum Gasteiger partial charge on any atom is 0.254 e. The second-order valence-electron chi connectivity index (χ2n) is 7.36. The van der Waals surface area contributed by atoms with Gasteiger partial charge in [-0.15, -0.1) is 0 Å². The molecule has 0 bridgehead atoms. The molecule has 3 rings (SSSR count). The molecule has 0 aliphatic carbocycles. The molecule has 32 heavy (non-hydrogen) atoms. The summed E-state index contributed by atoms with van der Waals surface area (Å²) < 4.78 is 14.4. The maximum absolute atomic E-state index is 14.4. The number of aliphatic hydroxyl groups is 1. The van der Waals surface area contributed by atoms with E-state index in [1.807, 2.05) is 6.92 Å². The normalized spacial score (nSPS) is 11.6. The van der Waals surface area contributed by atoms with Crippen LogP contribution in [-0.2, 0) is 0 Å². The first kappa shape index (κ1) is 23.4. The van der Waals surface area contributed by atoms with E-state index in [0.717, 1.165) is 0 Å². The molecule has 0 saturated heterocycles. The standard InChI is InChI=1S/C24H24ClFN4O2/c1-3-16-13-28-23(18-10-17(25)4-5-20(18)26)11-22(16)30-21-6-8-27-14-19(21)24(32)29-12-15(2)7-9-31/h3-6,8,10-11,13-15,31H,1,7,9,12H2,2H3,(H,29,32)(H,27,28,30). The summed E-state index contributed by atoms with van der Waals surface area (Å²) in [4.78, 5) is 21.1. The van der Waals surface area contributed by atoms with E-state index in [1.165, 1.54) is 24.4 Å². The number of hydrogen-bond acceptors (Lipinski definition) is 5. The lowest BCUT2D eigenvalue weighted by Crippen LogP contribution is -2.29. The van der Waals surface area contributed by atoms with Crippen molar-refractivity contribution in [2.75, 3.05) is 18.5 Å². The molecule has 2 aromatic heterocycles. The summed E-state index contributed by atoms with van der Waals surface area (Å²) >= 11 is 6.03. The molecule has 1 amide bonds. The largest absolute Gasteiger partial charge is 0.396 e. The Balaban J connectivity index is 1.91. The number of aromatic nitrogens is 2. The number of anilines is 2. The molecule has 3 N–H and O–H groups in total. The van der Waals surface area contributed by atoms with Gasteiger partial charge in [0.05, 0.1) is 16.9 Å². The minimum atomic E-state index is -0.444. The number of amides is 1. The summed E-state index contributed by atoms with van der Waals surface area (Å²) in [5.41, 5.74) is 2.80. The van der Waals surface area contributed by atoms with Gasteiger partial charge in [-0.2, -0.15) is 0 Å². The number of rotatable bonds is 9. The predicted octanol–water partition coefficient (Wildman–Crippen LogP) is 5.07. The molecule has 1 atom stereocenters. The number of hydrogen-bond donors (Lipinski definition) is 3. The van der Waals surface area contributed by atoms with Crippen LogP contribution in [0.2, 0.25) is 5.02 Å². The summed E-state index contributed by atoms with van der Waals surface area (Å²) in [6.45, 7) is 6.25. The molecule has 8 heteroatoms. The van der Waals surface area contributed by atoms with Crippen molar-refractivity contribution < 1.29 is 14.3 Å². The van der Waals surface area contributed by atoms with Gasteiger partial charge in [0.1, 0.15) is 5.82 Å². The van der Waals surface area contributed by atoms with Crippen LogP contribution in [0.5, 0.6) is 0 Å². The molecule has 6 nitrogen and oxygen atoms in total. The molecule has 3 aromatic rings. The van der Waals surface area contributed by atoms with Gasteiger partial charge in [0.15, 0.2) is 0 Å². The van der Waals surface area contributed by atoms with Gasteiger partial charge in [0.2, 0.25) is 0 Å². The van der Waals surface area contributed by atoms with Crippen molar-refractivity contribution in [2.24, 2.45) is 5.92 Å². The van der Waals surface area contributed by atoms with Crippen molar-refractivity contribution in [1.82, 2.24) is 15.3 Å². The number of carbonyl (C=O) groups is 1. The van der Waals surface area contributed by atoms with E-state index < -0.39 is 5.82 Å². The second kappa shape index (κ2) is 10.8. The zero-order valence-corrected chi connectivity index (χ0v) is 18.4. The monoisotopic (exact) mass is 454 g/mol. The molecule has 0 saturated carbocycles. The van der Waals surface area contributed by atoms with Crippen LogP contribution in [0.4, 0.5) is 15.8 Å². The molecule has 1 unspecified atom stereocenters. The van der Waals surface area contributed by atoms with Crippen molar-refractivity contribution in [1.29, 1.82) is 0 Å². The highest BCUT2D eigenvalue weighted by Crippen LogP contribution is 2.30. The van der Waals surface area contributed by atoms with E-state index in [0.29, 0.717) is 46.2 Å². The number of carbonyl (C=O) groups excluding carboxylic acids is 1. The van der Waals surface area contributed by atoms with Crippen molar-refractivity contribution in [3.05, 3.63) is 77.5 Å². The average molecular weight is 455 g/mol. The fourth-order valence-electron chi connectivity index (χ4n) is 3.09. The minimum Gasteiger partial charge on any atom is -0.396 e. The summed E-state index contributed by atoms with van der Waals surface area (Å²) in [5.74, 6) is -0.597. The molecule has 0 radical (unpaired) electrons. The Labute approximate surface area is 191 Å². The van der Waals surface area contributed by atoms with E-state index in [9.17, 15) is 9.18 Å². The minimum absolute atomic E-state index is 0.0681. The highest BCUT2D eigenvalue weighted by atomic mass is 35.5. The Bertz CT molecular complexity index is 1120. The molecule has 0 fully saturated rings. The van der Waals surface area contributed by atoms with Gasteiger partial charge in [-0.05, 0) is 42.7 Å². The van der Waals surface area contributed by atoms with Gasteiger partial charge in [0, 0.05) is 53.6 Å². The lowest BCUT2D eigenvalue weighted by Gasteiger charge is -2.16. The van der Waals surface area contributed by atoms with E-state index in [2.05, 4.69) is 27.2 Å². The Kier molecular flexibility index (Phi) is 7.92. The maximum atomic E-state index is 14.4. The fraction of sp³-hybridized carbons (Fsp3) is 0.208. The molecule has 166 valence electrons. The Morgan fingerprint density at radius 3 is 2.84 bits per heavy atom. The lowest BCUT2D eigenvalue weighted by atomic mass is 10.1. The molecule has 2 heterocycles. The molecule has 0 spiro atoms. The summed E-state index contributed by atoms with van der Waals surface area (Å²) in [6.07, 6.45) is 6.83. The number of halogens is 2. The van der Waals surface area contributed by atoms with Gasteiger partial charge in [-0.3, -0.25) is 14.8 Å². The molecule has 0 aliphatic heterocycles. The summed E-state index contributed by atoms with van der Waals surface area (Å²) in [7, 11) is 0. The molecular weight excluding hydrogens is 431 g/mol. The van der Waals surface area contributed by atoms with Crippen LogP contribution in [0.1, 0.15) is 29.3 Å². The first-order valence-electron chi connectivity index (χ1n) is 10.1. The molecular formula is C24H24ClFN4O2. The van der Waals surface area contributed by atoms with Crippen molar-refractivity contribution >= 4 is 35.0 Å². The number of nitrogens with zero attached hydrogens (tertiary/aromatic N) is 2. The van der Waals surface area contributed by atoms with Crippen LogP contribution in [0.3, 0.4) is 0 Å². The zero-order chi connectivity index (χ0) is 23.1. The number of aliphatic hydroxyl groups excluding tert-OH is 1. The van der Waals surface area contributed by atoms with E-state index in [1.54, 1.807) is 30.6 Å². The van der Waals surface area contributed by atoms with Gasteiger partial charge in [0.25, 0.3) is 5.91 Å². The van der Waals surface area contributed by atoms with Gasteiger partial charge >= 0.3 is 0 Å². The second-order valence-corrected chi connectivity index (χ2v) is 7.80. The van der Waals surface area contributed by atoms with Crippen molar-refractivity contribution in [3.8, 4) is 11.3 Å².